The SMILES string of the molecule is CCOC(=O)C1=C(C)N=C2SC=C(c3ccccc3)N2C1c1cc(OC)ccc1OC. The number of fused-ring (bicyclic) bond motifs is 1. The number of thioether (sulfide) groups is 1. The van der Waals surface area contributed by atoms with Gasteiger partial charge in [-0.15, -0.1) is 0 Å². The summed E-state index contributed by atoms with van der Waals surface area (Å²) in [7, 11) is 3.24. The van der Waals surface area contributed by atoms with E-state index in [1.165, 1.54) is 11.8 Å². The van der Waals surface area contributed by atoms with E-state index in [9.17, 15) is 4.79 Å². The number of amidine groups is 1. The number of nitrogens with zero attached hydrogens (tertiary/aromatic N) is 2. The van der Waals surface area contributed by atoms with Gasteiger partial charge in [0.15, 0.2) is 5.17 Å². The maximum absolute atomic E-state index is 13.1. The van der Waals surface area contributed by atoms with Crippen molar-refractivity contribution < 1.29 is 19.0 Å². The lowest BCUT2D eigenvalue weighted by molar-refractivity contribution is -0.139. The molecule has 7 heteroatoms. The Bertz CT molecular complexity index is 1090. The summed E-state index contributed by atoms with van der Waals surface area (Å²) in [5.41, 5.74) is 3.93. The van der Waals surface area contributed by atoms with Gasteiger partial charge in [0.05, 0.1) is 43.8 Å². The highest BCUT2D eigenvalue weighted by Gasteiger charge is 2.42. The number of allylic oxidation sites excluding steroid dienone is 1. The van der Waals surface area contributed by atoms with Crippen molar-refractivity contribution in [1.29, 1.82) is 0 Å². The fourth-order valence-electron chi connectivity index (χ4n) is 3.82. The van der Waals surface area contributed by atoms with Crippen molar-refractivity contribution >= 4 is 28.6 Å². The summed E-state index contributed by atoms with van der Waals surface area (Å²) >= 11 is 1.54. The third kappa shape index (κ3) is 3.81. The number of methoxy groups -OCH3 is 2. The molecule has 1 unspecified atom stereocenters. The summed E-state index contributed by atoms with van der Waals surface area (Å²) in [6.45, 7) is 3.93. The Morgan fingerprint density at radius 1 is 1.13 bits per heavy atom. The molecule has 2 aliphatic heterocycles. The van der Waals surface area contributed by atoms with Crippen LogP contribution in [0.3, 0.4) is 0 Å². The first-order valence-electron chi connectivity index (χ1n) is 9.99. The number of ether oxygens (including phenoxy) is 3. The van der Waals surface area contributed by atoms with E-state index in [4.69, 9.17) is 19.2 Å². The second-order valence-corrected chi connectivity index (χ2v) is 7.82. The summed E-state index contributed by atoms with van der Waals surface area (Å²) < 4.78 is 16.6. The lowest BCUT2D eigenvalue weighted by Gasteiger charge is -2.37. The number of benzene rings is 2. The number of carbonyl (C=O) groups excluding carboxylic acids is 1. The zero-order valence-corrected chi connectivity index (χ0v) is 18.7. The van der Waals surface area contributed by atoms with Crippen molar-refractivity contribution in [2.24, 2.45) is 4.99 Å². The molecule has 2 aromatic carbocycles. The van der Waals surface area contributed by atoms with Crippen LogP contribution in [0.4, 0.5) is 0 Å². The molecule has 2 heterocycles. The van der Waals surface area contributed by atoms with Gasteiger partial charge in [-0.2, -0.15) is 0 Å². The zero-order chi connectivity index (χ0) is 22.0. The largest absolute Gasteiger partial charge is 0.497 e. The summed E-state index contributed by atoms with van der Waals surface area (Å²) in [5, 5.41) is 2.87. The van der Waals surface area contributed by atoms with Crippen LogP contribution in [0.15, 0.2) is 70.2 Å². The van der Waals surface area contributed by atoms with Crippen LogP contribution in [0.2, 0.25) is 0 Å². The molecule has 0 bridgehead atoms. The van der Waals surface area contributed by atoms with Gasteiger partial charge in [-0.25, -0.2) is 9.79 Å². The Morgan fingerprint density at radius 3 is 2.58 bits per heavy atom. The van der Waals surface area contributed by atoms with Crippen LogP contribution in [-0.4, -0.2) is 36.9 Å². The Hall–Kier alpha value is -3.19. The van der Waals surface area contributed by atoms with Crippen LogP contribution >= 0.6 is 11.8 Å². The van der Waals surface area contributed by atoms with Gasteiger partial charge in [0.1, 0.15) is 11.5 Å². The van der Waals surface area contributed by atoms with E-state index in [-0.39, 0.29) is 12.6 Å². The third-order valence-electron chi connectivity index (χ3n) is 5.22. The fourth-order valence-corrected chi connectivity index (χ4v) is 4.79. The molecule has 0 aromatic heterocycles. The predicted molar refractivity (Wildman–Crippen MR) is 123 cm³/mol. The molecule has 2 aromatic rings. The molecule has 0 N–H and O–H groups in total. The molecule has 0 aliphatic carbocycles. The van der Waals surface area contributed by atoms with Crippen LogP contribution in [0.25, 0.3) is 5.70 Å². The normalized spacial score (nSPS) is 17.7. The Balaban J connectivity index is 1.93. The molecule has 2 aliphatic rings. The van der Waals surface area contributed by atoms with Gasteiger partial charge in [-0.3, -0.25) is 0 Å². The Kier molecular flexibility index (Phi) is 6.04. The molecule has 4 rings (SSSR count). The maximum Gasteiger partial charge on any atom is 0.338 e. The van der Waals surface area contributed by atoms with Crippen molar-refractivity contribution in [2.45, 2.75) is 19.9 Å². The van der Waals surface area contributed by atoms with E-state index in [2.05, 4.69) is 10.3 Å². The van der Waals surface area contributed by atoms with Crippen molar-refractivity contribution in [3.63, 3.8) is 0 Å². The highest BCUT2D eigenvalue weighted by molar-refractivity contribution is 8.16. The van der Waals surface area contributed by atoms with E-state index in [0.717, 1.165) is 22.0 Å². The summed E-state index contributed by atoms with van der Waals surface area (Å²) in [6, 6.07) is 15.2. The van der Waals surface area contributed by atoms with Crippen LogP contribution in [0.1, 0.15) is 31.0 Å². The van der Waals surface area contributed by atoms with Gasteiger partial charge in [0, 0.05) is 11.0 Å². The highest BCUT2D eigenvalue weighted by Crippen LogP contribution is 2.49. The minimum atomic E-state index is -0.474. The van der Waals surface area contributed by atoms with E-state index in [1.54, 1.807) is 21.1 Å². The third-order valence-corrected chi connectivity index (χ3v) is 6.06. The number of hydrogen-bond acceptors (Lipinski definition) is 7. The number of esters is 1. The Labute approximate surface area is 186 Å². The molecule has 0 saturated heterocycles. The minimum absolute atomic E-state index is 0.282. The van der Waals surface area contributed by atoms with Gasteiger partial charge in [-0.1, -0.05) is 42.1 Å². The quantitative estimate of drug-likeness (QED) is 0.594. The zero-order valence-electron chi connectivity index (χ0n) is 17.9. The molecular weight excluding hydrogens is 412 g/mol. The molecule has 160 valence electrons. The van der Waals surface area contributed by atoms with Crippen LogP contribution in [-0.2, 0) is 9.53 Å². The highest BCUT2D eigenvalue weighted by atomic mass is 32.2. The van der Waals surface area contributed by atoms with E-state index < -0.39 is 6.04 Å². The van der Waals surface area contributed by atoms with Crippen LogP contribution in [0.5, 0.6) is 11.5 Å². The molecule has 6 nitrogen and oxygen atoms in total. The van der Waals surface area contributed by atoms with Gasteiger partial charge in [-0.05, 0) is 37.6 Å². The van der Waals surface area contributed by atoms with E-state index >= 15 is 0 Å². The van der Waals surface area contributed by atoms with Crippen molar-refractivity contribution in [3.8, 4) is 11.5 Å². The van der Waals surface area contributed by atoms with Gasteiger partial charge in [0.25, 0.3) is 0 Å². The molecule has 0 saturated carbocycles. The summed E-state index contributed by atoms with van der Waals surface area (Å²) in [5.74, 6) is 0.950. The lowest BCUT2D eigenvalue weighted by Crippen LogP contribution is -2.36. The monoisotopic (exact) mass is 436 g/mol. The first-order chi connectivity index (χ1) is 15.1. The van der Waals surface area contributed by atoms with Crippen molar-refractivity contribution in [3.05, 3.63) is 76.3 Å². The summed E-state index contributed by atoms with van der Waals surface area (Å²) in [6.07, 6.45) is 0. The molecule has 31 heavy (non-hydrogen) atoms. The van der Waals surface area contributed by atoms with Crippen molar-refractivity contribution in [2.75, 3.05) is 20.8 Å². The molecule has 0 fully saturated rings. The van der Waals surface area contributed by atoms with Crippen LogP contribution in [0, 0.1) is 0 Å². The van der Waals surface area contributed by atoms with Crippen molar-refractivity contribution in [1.82, 2.24) is 4.90 Å². The second-order valence-electron chi connectivity index (χ2n) is 6.98. The summed E-state index contributed by atoms with van der Waals surface area (Å²) in [4.78, 5) is 19.9. The molecule has 1 atom stereocenters. The lowest BCUT2D eigenvalue weighted by atomic mass is 9.92. The second kappa shape index (κ2) is 8.89. The standard InChI is InChI=1S/C24H24N2O4S/c1-5-30-23(27)21-15(2)25-24-26(19(14-31-24)16-9-7-6-8-10-16)22(21)18-13-17(28-3)11-12-20(18)29-4/h6-14,22H,5H2,1-4H3. The first kappa shape index (κ1) is 21.1. The number of carbonyl (C=O) groups is 1. The minimum Gasteiger partial charge on any atom is -0.497 e. The predicted octanol–water partition coefficient (Wildman–Crippen LogP) is 5.00. The van der Waals surface area contributed by atoms with Crippen LogP contribution < -0.4 is 9.47 Å². The smallest absolute Gasteiger partial charge is 0.338 e. The molecule has 0 radical (unpaired) electrons. The average Bonchev–Trinajstić information content (AvgIpc) is 3.21. The van der Waals surface area contributed by atoms with E-state index in [0.29, 0.717) is 22.8 Å². The molecule has 0 amide bonds. The van der Waals surface area contributed by atoms with Gasteiger partial charge >= 0.3 is 5.97 Å². The van der Waals surface area contributed by atoms with E-state index in [1.807, 2.05) is 55.5 Å². The Morgan fingerprint density at radius 2 is 1.90 bits per heavy atom. The molecule has 0 spiro atoms. The van der Waals surface area contributed by atoms with Gasteiger partial charge in [0.2, 0.25) is 0 Å². The number of aliphatic imine (C=N–C) groups is 1. The maximum atomic E-state index is 13.1. The average molecular weight is 437 g/mol. The fraction of sp³-hybridized carbons (Fsp3) is 0.250. The number of hydrogen-bond donors (Lipinski definition) is 0. The molecular formula is C24H24N2O4S. The first-order valence-corrected chi connectivity index (χ1v) is 10.9. The number of rotatable bonds is 6. The topological polar surface area (TPSA) is 60.4 Å². The van der Waals surface area contributed by atoms with Gasteiger partial charge < -0.3 is 19.1 Å².